The van der Waals surface area contributed by atoms with Crippen molar-refractivity contribution in [3.63, 3.8) is 0 Å². The van der Waals surface area contributed by atoms with E-state index in [4.69, 9.17) is 11.0 Å². The highest BCUT2D eigenvalue weighted by molar-refractivity contribution is 5.53. The summed E-state index contributed by atoms with van der Waals surface area (Å²) in [6.07, 6.45) is 4.14. The van der Waals surface area contributed by atoms with Crippen molar-refractivity contribution in [3.05, 3.63) is 41.2 Å². The highest BCUT2D eigenvalue weighted by Gasteiger charge is 1.99. The molecule has 0 spiro atoms. The summed E-state index contributed by atoms with van der Waals surface area (Å²) in [4.78, 5) is 0. The first-order valence-electron chi connectivity index (χ1n) is 4.34. The zero-order valence-corrected chi connectivity index (χ0v) is 7.70. The molecule has 72 valence electrons. The number of rotatable bonds is 3. The van der Waals surface area contributed by atoms with Crippen molar-refractivity contribution in [2.45, 2.75) is 6.42 Å². The molecule has 0 unspecified atom stereocenters. The first kappa shape index (κ1) is 10.4. The van der Waals surface area contributed by atoms with Gasteiger partial charge < -0.3 is 5.73 Å². The van der Waals surface area contributed by atoms with Crippen LogP contribution in [-0.2, 0) is 0 Å². The molecular weight excluding hydrogens is 179 g/mol. The summed E-state index contributed by atoms with van der Waals surface area (Å²) in [6.45, 7) is 0.538. The number of benzene rings is 1. The first-order chi connectivity index (χ1) is 6.77. The van der Waals surface area contributed by atoms with E-state index in [1.165, 1.54) is 18.2 Å². The number of hydrogen-bond donors (Lipinski definition) is 1. The SMILES string of the molecule is N#Cc1ccc(F)c(C=CCCN)c1. The lowest BCUT2D eigenvalue weighted by Crippen LogP contribution is -1.95. The third-order valence-corrected chi connectivity index (χ3v) is 1.76. The minimum absolute atomic E-state index is 0.322. The number of halogens is 1. The van der Waals surface area contributed by atoms with Gasteiger partial charge in [0.05, 0.1) is 11.6 Å². The second kappa shape index (κ2) is 5.15. The average molecular weight is 190 g/mol. The summed E-state index contributed by atoms with van der Waals surface area (Å²) in [7, 11) is 0. The minimum atomic E-state index is -0.322. The van der Waals surface area contributed by atoms with Crippen LogP contribution in [0.15, 0.2) is 24.3 Å². The standard InChI is InChI=1S/C11H11FN2/c12-11-5-4-9(8-14)7-10(11)3-1-2-6-13/h1,3-5,7H,2,6,13H2. The molecule has 1 aromatic rings. The van der Waals surface area contributed by atoms with Gasteiger partial charge in [-0.25, -0.2) is 4.39 Å². The van der Waals surface area contributed by atoms with Crippen molar-refractivity contribution in [2.75, 3.05) is 6.54 Å². The van der Waals surface area contributed by atoms with Gasteiger partial charge in [-0.15, -0.1) is 0 Å². The Labute approximate surface area is 82.5 Å². The van der Waals surface area contributed by atoms with Gasteiger partial charge in [-0.2, -0.15) is 5.26 Å². The van der Waals surface area contributed by atoms with Crippen molar-refractivity contribution >= 4 is 6.08 Å². The van der Waals surface area contributed by atoms with Crippen molar-refractivity contribution in [3.8, 4) is 6.07 Å². The lowest BCUT2D eigenvalue weighted by atomic mass is 10.1. The van der Waals surface area contributed by atoms with Gasteiger partial charge in [0.15, 0.2) is 0 Å². The Balaban J connectivity index is 2.90. The van der Waals surface area contributed by atoms with Gasteiger partial charge >= 0.3 is 0 Å². The maximum absolute atomic E-state index is 13.1. The smallest absolute Gasteiger partial charge is 0.130 e. The molecule has 2 N–H and O–H groups in total. The van der Waals surface area contributed by atoms with Crippen molar-refractivity contribution in [1.29, 1.82) is 5.26 Å². The highest BCUT2D eigenvalue weighted by atomic mass is 19.1. The van der Waals surface area contributed by atoms with Gasteiger partial charge in [-0.3, -0.25) is 0 Å². The van der Waals surface area contributed by atoms with Crippen molar-refractivity contribution < 1.29 is 4.39 Å². The van der Waals surface area contributed by atoms with Gasteiger partial charge in [0.1, 0.15) is 5.82 Å². The van der Waals surface area contributed by atoms with Crippen LogP contribution in [0.3, 0.4) is 0 Å². The van der Waals surface area contributed by atoms with Crippen LogP contribution < -0.4 is 5.73 Å². The molecule has 0 fully saturated rings. The average Bonchev–Trinajstić information content (AvgIpc) is 2.21. The van der Waals surface area contributed by atoms with E-state index in [1.807, 2.05) is 6.07 Å². The molecule has 0 amide bonds. The Bertz CT molecular complexity index is 377. The molecule has 0 radical (unpaired) electrons. The fourth-order valence-electron chi connectivity index (χ4n) is 1.05. The number of nitrogens with zero attached hydrogens (tertiary/aromatic N) is 1. The molecule has 1 aromatic carbocycles. The predicted octanol–water partition coefficient (Wildman–Crippen LogP) is 2.06. The van der Waals surface area contributed by atoms with E-state index in [0.717, 1.165) is 0 Å². The molecule has 14 heavy (non-hydrogen) atoms. The Hall–Kier alpha value is -1.66. The van der Waals surface area contributed by atoms with Crippen LogP contribution in [0, 0.1) is 17.1 Å². The predicted molar refractivity (Wildman–Crippen MR) is 53.8 cm³/mol. The summed E-state index contributed by atoms with van der Waals surface area (Å²) in [5, 5.41) is 8.61. The molecule has 0 bridgehead atoms. The molecule has 0 aliphatic rings. The van der Waals surface area contributed by atoms with Crippen LogP contribution in [0.4, 0.5) is 4.39 Å². The van der Waals surface area contributed by atoms with E-state index >= 15 is 0 Å². The van der Waals surface area contributed by atoms with Crippen LogP contribution in [0.5, 0.6) is 0 Å². The molecule has 0 saturated heterocycles. The highest BCUT2D eigenvalue weighted by Crippen LogP contribution is 2.11. The molecule has 0 aromatic heterocycles. The molecule has 0 atom stereocenters. The maximum atomic E-state index is 13.1. The van der Waals surface area contributed by atoms with E-state index in [9.17, 15) is 4.39 Å². The largest absolute Gasteiger partial charge is 0.330 e. The monoisotopic (exact) mass is 190 g/mol. The second-order valence-corrected chi connectivity index (χ2v) is 2.83. The molecule has 0 aliphatic carbocycles. The molecule has 2 nitrogen and oxygen atoms in total. The first-order valence-corrected chi connectivity index (χ1v) is 4.34. The molecule has 0 aliphatic heterocycles. The second-order valence-electron chi connectivity index (χ2n) is 2.83. The van der Waals surface area contributed by atoms with Crippen LogP contribution in [0.2, 0.25) is 0 Å². The van der Waals surface area contributed by atoms with Gasteiger partial charge in [0.2, 0.25) is 0 Å². The number of hydrogen-bond acceptors (Lipinski definition) is 2. The summed E-state index contributed by atoms with van der Waals surface area (Å²) in [5.74, 6) is -0.322. The molecule has 3 heteroatoms. The summed E-state index contributed by atoms with van der Waals surface area (Å²) >= 11 is 0. The summed E-state index contributed by atoms with van der Waals surface area (Å²) < 4.78 is 13.1. The van der Waals surface area contributed by atoms with E-state index in [0.29, 0.717) is 24.1 Å². The lowest BCUT2D eigenvalue weighted by Gasteiger charge is -1.96. The van der Waals surface area contributed by atoms with Crippen LogP contribution >= 0.6 is 0 Å². The molecule has 0 saturated carbocycles. The normalized spacial score (nSPS) is 10.4. The van der Waals surface area contributed by atoms with Gasteiger partial charge in [-0.1, -0.05) is 12.2 Å². The number of nitrogens with two attached hydrogens (primary N) is 1. The summed E-state index contributed by atoms with van der Waals surface area (Å²) in [6, 6.07) is 6.22. The van der Waals surface area contributed by atoms with Crippen LogP contribution in [0.25, 0.3) is 6.08 Å². The van der Waals surface area contributed by atoms with Gasteiger partial charge in [0, 0.05) is 5.56 Å². The quantitative estimate of drug-likeness (QED) is 0.793. The van der Waals surface area contributed by atoms with E-state index < -0.39 is 0 Å². The van der Waals surface area contributed by atoms with E-state index in [2.05, 4.69) is 0 Å². The van der Waals surface area contributed by atoms with E-state index in [-0.39, 0.29) is 5.82 Å². The lowest BCUT2D eigenvalue weighted by molar-refractivity contribution is 0.625. The van der Waals surface area contributed by atoms with E-state index in [1.54, 1.807) is 12.2 Å². The zero-order valence-electron chi connectivity index (χ0n) is 7.70. The fraction of sp³-hybridized carbons (Fsp3) is 0.182. The summed E-state index contributed by atoms with van der Waals surface area (Å²) in [5.41, 5.74) is 6.17. The third-order valence-electron chi connectivity index (χ3n) is 1.76. The minimum Gasteiger partial charge on any atom is -0.330 e. The van der Waals surface area contributed by atoms with Crippen LogP contribution in [-0.4, -0.2) is 6.54 Å². The zero-order chi connectivity index (χ0) is 10.4. The van der Waals surface area contributed by atoms with Gasteiger partial charge in [-0.05, 0) is 31.2 Å². The Morgan fingerprint density at radius 2 is 2.29 bits per heavy atom. The topological polar surface area (TPSA) is 49.8 Å². The van der Waals surface area contributed by atoms with Crippen molar-refractivity contribution in [1.82, 2.24) is 0 Å². The Morgan fingerprint density at radius 1 is 1.50 bits per heavy atom. The third kappa shape index (κ3) is 2.68. The maximum Gasteiger partial charge on any atom is 0.130 e. The molecular formula is C11H11FN2. The fourth-order valence-corrected chi connectivity index (χ4v) is 1.05. The Morgan fingerprint density at radius 3 is 2.93 bits per heavy atom. The molecule has 0 heterocycles. The van der Waals surface area contributed by atoms with Crippen LogP contribution in [0.1, 0.15) is 17.5 Å². The van der Waals surface area contributed by atoms with Crippen molar-refractivity contribution in [2.24, 2.45) is 5.73 Å². The Kier molecular flexibility index (Phi) is 3.84. The molecule has 1 rings (SSSR count). The number of nitriles is 1. The van der Waals surface area contributed by atoms with Gasteiger partial charge in [0.25, 0.3) is 0 Å².